The second kappa shape index (κ2) is 16.8. The topological polar surface area (TPSA) is 169 Å². The molecule has 0 radical (unpaired) electrons. The average Bonchev–Trinajstić information content (AvgIpc) is 3.80. The molecule has 6 aromatic rings. The number of anilines is 2. The molecule has 3 fully saturated rings. The Labute approximate surface area is 348 Å². The first-order chi connectivity index (χ1) is 29.2. The van der Waals surface area contributed by atoms with Crippen molar-refractivity contribution >= 4 is 44.0 Å². The van der Waals surface area contributed by atoms with Gasteiger partial charge in [-0.05, 0) is 128 Å². The Balaban J connectivity index is 0.947. The molecule has 0 bridgehead atoms. The molecule has 13 nitrogen and oxygen atoms in total. The highest BCUT2D eigenvalue weighted by Crippen LogP contribution is 2.46. The molecule has 60 heavy (non-hydrogen) atoms. The van der Waals surface area contributed by atoms with E-state index in [2.05, 4.69) is 73.4 Å². The smallest absolute Gasteiger partial charge is 0.293 e. The lowest BCUT2D eigenvalue weighted by molar-refractivity contribution is -0.384. The zero-order valence-electron chi connectivity index (χ0n) is 33.0. The van der Waals surface area contributed by atoms with Crippen molar-refractivity contribution in [1.82, 2.24) is 14.7 Å². The molecule has 3 N–H and O–H groups in total. The van der Waals surface area contributed by atoms with Crippen molar-refractivity contribution in [3.05, 3.63) is 147 Å². The summed E-state index contributed by atoms with van der Waals surface area (Å²) < 4.78 is 41.0. The molecule has 1 saturated carbocycles. The molecule has 2 aromatic heterocycles. The molecule has 9 rings (SSSR count). The number of pyridine rings is 1. The Morgan fingerprint density at radius 3 is 2.48 bits per heavy atom. The summed E-state index contributed by atoms with van der Waals surface area (Å²) in [6.45, 7) is 2.74. The standard InChI is InChI=1S/C46H46N6O7S/c53-46(50-60(56,57)37-14-16-41(43(27-37)52(54)55)48-28-31-18-22-58-23-19-31)40-15-9-32(25-44(40)59-36-26-34-17-20-47-45(34)49-29-36)24-30-7-12-35(13-8-30)51-21-3-6-42(51)39-5-2-1-4-38(39)33-10-11-33/h1-2,4-5,7-9,12-17,20,25-27,29,31,33,42,48H,3,6,10-11,18-19,21-24,28H2,(H,47,49)(H,50,53). The van der Waals surface area contributed by atoms with Gasteiger partial charge in [0.15, 0.2) is 0 Å². The number of H-pyrrole nitrogens is 1. The summed E-state index contributed by atoms with van der Waals surface area (Å²) in [4.78, 5) is 34.8. The number of carbonyl (C=O) groups is 1. The van der Waals surface area contributed by atoms with Crippen LogP contribution in [0.4, 0.5) is 17.1 Å². The van der Waals surface area contributed by atoms with Gasteiger partial charge in [0.25, 0.3) is 21.6 Å². The molecule has 0 spiro atoms. The van der Waals surface area contributed by atoms with Gasteiger partial charge in [0, 0.05) is 49.6 Å². The van der Waals surface area contributed by atoms with Crippen LogP contribution in [0.15, 0.2) is 114 Å². The quantitative estimate of drug-likeness (QED) is 0.0712. The van der Waals surface area contributed by atoms with Gasteiger partial charge in [0.1, 0.15) is 22.8 Å². The number of nitrogens with zero attached hydrogens (tertiary/aromatic N) is 3. The van der Waals surface area contributed by atoms with Crippen molar-refractivity contribution in [1.29, 1.82) is 0 Å². The summed E-state index contributed by atoms with van der Waals surface area (Å²) in [7, 11) is -4.55. The van der Waals surface area contributed by atoms with E-state index in [1.807, 2.05) is 6.07 Å². The molecule has 2 saturated heterocycles. The van der Waals surface area contributed by atoms with Crippen molar-refractivity contribution < 1.29 is 27.6 Å². The lowest BCUT2D eigenvalue weighted by atomic mass is 9.95. The van der Waals surface area contributed by atoms with E-state index in [1.54, 1.807) is 24.4 Å². The second-order valence-corrected chi connectivity index (χ2v) is 17.6. The van der Waals surface area contributed by atoms with Crippen LogP contribution < -0.4 is 19.7 Å². The third kappa shape index (κ3) is 8.56. The van der Waals surface area contributed by atoms with Crippen LogP contribution in [0.25, 0.3) is 11.0 Å². The summed E-state index contributed by atoms with van der Waals surface area (Å²) in [6, 6.07) is 30.1. The number of rotatable bonds is 14. The zero-order chi connectivity index (χ0) is 41.2. The van der Waals surface area contributed by atoms with Gasteiger partial charge >= 0.3 is 0 Å². The number of nitrogens with one attached hydrogen (secondary N) is 3. The number of nitro groups is 1. The van der Waals surface area contributed by atoms with E-state index in [9.17, 15) is 23.3 Å². The van der Waals surface area contributed by atoms with Crippen LogP contribution >= 0.6 is 0 Å². The van der Waals surface area contributed by atoms with Crippen LogP contribution in [-0.4, -0.2) is 55.5 Å². The highest BCUT2D eigenvalue weighted by Gasteiger charge is 2.33. The van der Waals surface area contributed by atoms with Crippen LogP contribution in [-0.2, 0) is 21.2 Å². The van der Waals surface area contributed by atoms with Gasteiger partial charge in [-0.25, -0.2) is 18.1 Å². The van der Waals surface area contributed by atoms with Crippen molar-refractivity contribution in [2.45, 2.75) is 61.8 Å². The van der Waals surface area contributed by atoms with Crippen LogP contribution in [0.2, 0.25) is 0 Å². The van der Waals surface area contributed by atoms with Gasteiger partial charge in [0.2, 0.25) is 0 Å². The first-order valence-corrected chi connectivity index (χ1v) is 22.0. The van der Waals surface area contributed by atoms with E-state index in [4.69, 9.17) is 9.47 Å². The van der Waals surface area contributed by atoms with Crippen molar-refractivity contribution in [3.8, 4) is 11.5 Å². The molecule has 4 aromatic carbocycles. The van der Waals surface area contributed by atoms with Crippen LogP contribution in [0.5, 0.6) is 11.5 Å². The van der Waals surface area contributed by atoms with Gasteiger partial charge in [-0.1, -0.05) is 42.5 Å². The molecule has 2 aliphatic heterocycles. The maximum absolute atomic E-state index is 13.9. The van der Waals surface area contributed by atoms with Gasteiger partial charge in [-0.3, -0.25) is 14.9 Å². The molecular formula is C46H46N6O7S. The molecule has 14 heteroatoms. The molecule has 3 aliphatic rings. The highest BCUT2D eigenvalue weighted by atomic mass is 32.2. The predicted molar refractivity (Wildman–Crippen MR) is 229 cm³/mol. The van der Waals surface area contributed by atoms with E-state index < -0.39 is 31.4 Å². The van der Waals surface area contributed by atoms with Crippen molar-refractivity contribution in [2.24, 2.45) is 5.92 Å². The number of hydrogen-bond donors (Lipinski definition) is 3. The number of aromatic nitrogens is 2. The van der Waals surface area contributed by atoms with Gasteiger partial charge in [-0.2, -0.15) is 0 Å². The maximum atomic E-state index is 13.9. The number of ether oxygens (including phenoxy) is 2. The monoisotopic (exact) mass is 826 g/mol. The highest BCUT2D eigenvalue weighted by molar-refractivity contribution is 7.90. The Bertz CT molecular complexity index is 2660. The number of sulfonamides is 1. The SMILES string of the molecule is O=C(NS(=O)(=O)c1ccc(NCC2CCOCC2)c([N+](=O)[O-])c1)c1ccc(Cc2ccc(N3CCCC3c3ccccc3C3CC3)cc2)cc1Oc1cnc2[nH]ccc2c1. The number of aromatic amines is 1. The zero-order valence-corrected chi connectivity index (χ0v) is 33.8. The Morgan fingerprint density at radius 2 is 1.70 bits per heavy atom. The fourth-order valence-electron chi connectivity index (χ4n) is 8.49. The number of carbonyl (C=O) groups excluding carboxylic acids is 1. The molecule has 308 valence electrons. The minimum absolute atomic E-state index is 0.0392. The summed E-state index contributed by atoms with van der Waals surface area (Å²) in [5.74, 6) is 0.485. The van der Waals surface area contributed by atoms with E-state index in [-0.39, 0.29) is 22.9 Å². The van der Waals surface area contributed by atoms with Gasteiger partial charge < -0.3 is 24.7 Å². The van der Waals surface area contributed by atoms with Gasteiger partial charge in [-0.15, -0.1) is 0 Å². The second-order valence-electron chi connectivity index (χ2n) is 15.9. The van der Waals surface area contributed by atoms with Crippen LogP contribution in [0.1, 0.15) is 83.1 Å². The van der Waals surface area contributed by atoms with E-state index >= 15 is 0 Å². The largest absolute Gasteiger partial charge is 0.455 e. The summed E-state index contributed by atoms with van der Waals surface area (Å²) in [5.41, 5.74) is 6.43. The van der Waals surface area contributed by atoms with Gasteiger partial charge in [0.05, 0.1) is 27.6 Å². The van der Waals surface area contributed by atoms with E-state index in [0.717, 1.165) is 54.8 Å². The third-order valence-corrected chi connectivity index (χ3v) is 13.1. The first-order valence-electron chi connectivity index (χ1n) is 20.5. The molecule has 1 atom stereocenters. The van der Waals surface area contributed by atoms with Crippen LogP contribution in [0, 0.1) is 16.0 Å². The van der Waals surface area contributed by atoms with Crippen molar-refractivity contribution in [2.75, 3.05) is 36.5 Å². The Hall–Kier alpha value is -6.25. The predicted octanol–water partition coefficient (Wildman–Crippen LogP) is 9.03. The Kier molecular flexibility index (Phi) is 11.0. The maximum Gasteiger partial charge on any atom is 0.293 e. The molecule has 1 amide bonds. The molecule has 1 unspecified atom stereocenters. The molecule has 4 heterocycles. The number of nitro benzene ring substituents is 1. The number of amides is 1. The van der Waals surface area contributed by atoms with E-state index in [0.29, 0.717) is 49.5 Å². The lowest BCUT2D eigenvalue weighted by Gasteiger charge is -2.29. The fourth-order valence-corrected chi connectivity index (χ4v) is 9.48. The van der Waals surface area contributed by atoms with Crippen LogP contribution in [0.3, 0.4) is 0 Å². The average molecular weight is 827 g/mol. The minimum Gasteiger partial charge on any atom is -0.455 e. The molecule has 1 aliphatic carbocycles. The van der Waals surface area contributed by atoms with Crippen molar-refractivity contribution in [3.63, 3.8) is 0 Å². The first kappa shape index (κ1) is 39.2. The minimum atomic E-state index is -4.55. The number of benzene rings is 4. The summed E-state index contributed by atoms with van der Waals surface area (Å²) in [6.07, 6.45) is 10.3. The number of fused-ring (bicyclic) bond motifs is 1. The lowest BCUT2D eigenvalue weighted by Crippen LogP contribution is -2.31. The third-order valence-electron chi connectivity index (χ3n) is 11.8. The summed E-state index contributed by atoms with van der Waals surface area (Å²) >= 11 is 0. The fraction of sp³-hybridized carbons (Fsp3) is 0.304. The normalized spacial score (nSPS) is 17.1. The Morgan fingerprint density at radius 1 is 0.917 bits per heavy atom. The number of hydrogen-bond acceptors (Lipinski definition) is 10. The summed E-state index contributed by atoms with van der Waals surface area (Å²) in [5, 5.41) is 15.9. The molecular weight excluding hydrogens is 781 g/mol. The van der Waals surface area contributed by atoms with E-state index in [1.165, 1.54) is 54.1 Å².